The van der Waals surface area contributed by atoms with E-state index in [1.807, 2.05) is 60.7 Å². The van der Waals surface area contributed by atoms with Crippen LogP contribution in [0.25, 0.3) is 22.0 Å². The van der Waals surface area contributed by atoms with Gasteiger partial charge in [-0.15, -0.1) is 11.8 Å². The smallest absolute Gasteiger partial charge is 0.293 e. The van der Waals surface area contributed by atoms with Crippen molar-refractivity contribution in [1.82, 2.24) is 14.9 Å². The van der Waals surface area contributed by atoms with Crippen LogP contribution in [0.5, 0.6) is 0 Å². The van der Waals surface area contributed by atoms with Gasteiger partial charge in [0.25, 0.3) is 15.7 Å². The predicted octanol–water partition coefficient (Wildman–Crippen LogP) is 9.41. The number of benzene rings is 5. The van der Waals surface area contributed by atoms with E-state index in [2.05, 4.69) is 66.2 Å². The highest BCUT2D eigenvalue weighted by Crippen LogP contribution is 2.34. The fraction of sp³-hybridized carbons (Fsp3) is 0.304. The molecule has 5 aromatic carbocycles. The number of ether oxygens (including phenoxy) is 1. The summed E-state index contributed by atoms with van der Waals surface area (Å²) in [5.74, 6) is 1.30. The minimum atomic E-state index is -4.27. The Bertz CT molecular complexity index is 2550. The average molecular weight is 879 g/mol. The van der Waals surface area contributed by atoms with Crippen LogP contribution in [-0.4, -0.2) is 85.9 Å². The highest BCUT2D eigenvalue weighted by molar-refractivity contribution is 7.99. The van der Waals surface area contributed by atoms with Crippen molar-refractivity contribution in [1.29, 1.82) is 0 Å². The van der Waals surface area contributed by atoms with Gasteiger partial charge in [-0.3, -0.25) is 19.7 Å². The Labute approximate surface area is 365 Å². The van der Waals surface area contributed by atoms with Crippen LogP contribution in [0.15, 0.2) is 131 Å². The second-order valence-electron chi connectivity index (χ2n) is 15.5. The van der Waals surface area contributed by atoms with Crippen LogP contribution < -0.4 is 14.9 Å². The molecule has 0 spiro atoms. The zero-order valence-corrected chi connectivity index (χ0v) is 36.0. The molecule has 2 fully saturated rings. The second kappa shape index (κ2) is 19.6. The first-order valence-corrected chi connectivity index (χ1v) is 23.4. The number of nitrogens with zero attached hydrogens (tertiary/aromatic N) is 5. The second-order valence-corrected chi connectivity index (χ2v) is 18.7. The minimum absolute atomic E-state index is 0.0978. The van der Waals surface area contributed by atoms with Gasteiger partial charge in [0.15, 0.2) is 5.82 Å². The molecule has 61 heavy (non-hydrogen) atoms. The lowest BCUT2D eigenvalue weighted by molar-refractivity contribution is -0.384. The summed E-state index contributed by atoms with van der Waals surface area (Å²) in [6.07, 6.45) is 5.12. The Kier molecular flexibility index (Phi) is 13.7. The lowest BCUT2D eigenvalue weighted by atomic mass is 9.87. The van der Waals surface area contributed by atoms with Gasteiger partial charge in [0.1, 0.15) is 12.0 Å². The third-order valence-corrected chi connectivity index (χ3v) is 14.2. The van der Waals surface area contributed by atoms with Crippen LogP contribution in [0.4, 0.5) is 22.9 Å². The normalized spacial score (nSPS) is 15.7. The standard InChI is InChI=1S/C46H48ClN7O5S2/c47-36-12-10-34(11-13-36)41-9-5-4-6-35(41)28-33-18-22-53(23-19-33)38-14-16-42-44(29-38)48-32-49-46(42)51-61(57,58)40-15-17-43(45(30-40)54(55)56)50-37(20-21-52-24-26-59-27-25-52)31-60-39-7-2-1-3-8-39/h1-17,29-30,32-33,37,50H,18-28,31H2,(H,48,49,51). The SMILES string of the molecule is O=[N+]([O-])c1cc(S(=O)(=O)Nc2ncnc3cc(N4CCC(Cc5ccccc5-c5ccc(Cl)cc5)CC4)ccc23)ccc1NC(CCN1CCOCC1)CSc1ccccc1. The number of nitrogens with one attached hydrogen (secondary N) is 2. The monoisotopic (exact) mass is 877 g/mol. The third-order valence-electron chi connectivity index (χ3n) is 11.4. The molecule has 6 aromatic rings. The molecule has 0 radical (unpaired) electrons. The van der Waals surface area contributed by atoms with Crippen LogP contribution in [0.3, 0.4) is 0 Å². The van der Waals surface area contributed by atoms with Crippen molar-refractivity contribution in [2.45, 2.75) is 41.5 Å². The van der Waals surface area contributed by atoms with E-state index in [4.69, 9.17) is 16.3 Å². The van der Waals surface area contributed by atoms with E-state index < -0.39 is 14.9 Å². The average Bonchev–Trinajstić information content (AvgIpc) is 3.28. The van der Waals surface area contributed by atoms with Crippen molar-refractivity contribution in [3.8, 4) is 11.1 Å². The summed E-state index contributed by atoms with van der Waals surface area (Å²) in [6, 6.07) is 36.2. The first-order valence-electron chi connectivity index (χ1n) is 20.6. The molecular weight excluding hydrogens is 830 g/mol. The van der Waals surface area contributed by atoms with E-state index in [1.165, 1.54) is 29.6 Å². The maximum Gasteiger partial charge on any atom is 0.293 e. The topological polar surface area (TPSA) is 143 Å². The van der Waals surface area contributed by atoms with E-state index in [1.54, 1.807) is 11.8 Å². The summed E-state index contributed by atoms with van der Waals surface area (Å²) in [6.45, 7) is 5.60. The van der Waals surface area contributed by atoms with Gasteiger partial charge in [-0.25, -0.2) is 18.4 Å². The number of hydrogen-bond acceptors (Lipinski definition) is 11. The maximum absolute atomic E-state index is 13.8. The number of fused-ring (bicyclic) bond motifs is 1. The van der Waals surface area contributed by atoms with Gasteiger partial charge in [0.05, 0.1) is 28.5 Å². The Morgan fingerprint density at radius 2 is 1.64 bits per heavy atom. The zero-order valence-electron chi connectivity index (χ0n) is 33.7. The molecule has 2 aliphatic rings. The molecule has 1 atom stereocenters. The zero-order chi connectivity index (χ0) is 42.2. The summed E-state index contributed by atoms with van der Waals surface area (Å²) >= 11 is 7.82. The highest BCUT2D eigenvalue weighted by Gasteiger charge is 2.26. The molecule has 15 heteroatoms. The van der Waals surface area contributed by atoms with Crippen molar-refractivity contribution in [3.05, 3.63) is 142 Å². The van der Waals surface area contributed by atoms with Crippen LogP contribution in [0.2, 0.25) is 5.02 Å². The molecule has 316 valence electrons. The number of anilines is 3. The van der Waals surface area contributed by atoms with Gasteiger partial charge in [-0.05, 0) is 103 Å². The highest BCUT2D eigenvalue weighted by atomic mass is 35.5. The van der Waals surface area contributed by atoms with Crippen molar-refractivity contribution >= 4 is 67.2 Å². The lowest BCUT2D eigenvalue weighted by Crippen LogP contribution is -2.39. The molecule has 2 saturated heterocycles. The number of halogens is 1. The third kappa shape index (κ3) is 10.8. The molecule has 0 aliphatic carbocycles. The van der Waals surface area contributed by atoms with E-state index in [9.17, 15) is 18.5 Å². The summed E-state index contributed by atoms with van der Waals surface area (Å²) in [5.41, 5.74) is 5.27. The van der Waals surface area contributed by atoms with Crippen LogP contribution in [0.1, 0.15) is 24.8 Å². The Morgan fingerprint density at radius 3 is 2.41 bits per heavy atom. The van der Waals surface area contributed by atoms with Crippen molar-refractivity contribution in [2.75, 3.05) is 66.6 Å². The number of aromatic nitrogens is 2. The van der Waals surface area contributed by atoms with E-state index in [0.29, 0.717) is 35.8 Å². The molecule has 8 rings (SSSR count). The number of morpholine rings is 1. The van der Waals surface area contributed by atoms with Crippen molar-refractivity contribution < 1.29 is 18.1 Å². The van der Waals surface area contributed by atoms with Gasteiger partial charge in [-0.1, -0.05) is 66.2 Å². The summed E-state index contributed by atoms with van der Waals surface area (Å²) in [4.78, 5) is 26.2. The van der Waals surface area contributed by atoms with Gasteiger partial charge in [0, 0.05) is 71.6 Å². The minimum Gasteiger partial charge on any atom is -0.379 e. The summed E-state index contributed by atoms with van der Waals surface area (Å²) < 4.78 is 35.8. The van der Waals surface area contributed by atoms with Gasteiger partial charge >= 0.3 is 0 Å². The molecule has 0 saturated carbocycles. The van der Waals surface area contributed by atoms with Crippen molar-refractivity contribution in [3.63, 3.8) is 0 Å². The van der Waals surface area contributed by atoms with E-state index in [-0.39, 0.29) is 28.1 Å². The molecule has 3 heterocycles. The summed E-state index contributed by atoms with van der Waals surface area (Å²) in [5, 5.41) is 17.1. The quantitative estimate of drug-likeness (QED) is 0.0546. The molecule has 1 aromatic heterocycles. The number of rotatable bonds is 16. The first-order chi connectivity index (χ1) is 29.7. The number of nitro benzene ring substituents is 1. The molecular formula is C46H48ClN7O5S2. The number of nitro groups is 1. The van der Waals surface area contributed by atoms with Gasteiger partial charge < -0.3 is 15.0 Å². The van der Waals surface area contributed by atoms with Crippen LogP contribution in [0, 0.1) is 16.0 Å². The lowest BCUT2D eigenvalue weighted by Gasteiger charge is -2.34. The molecule has 2 aliphatic heterocycles. The number of thioether (sulfide) groups is 1. The van der Waals surface area contributed by atoms with Crippen LogP contribution in [-0.2, 0) is 21.2 Å². The van der Waals surface area contributed by atoms with Gasteiger partial charge in [0.2, 0.25) is 0 Å². The summed E-state index contributed by atoms with van der Waals surface area (Å²) in [7, 11) is -4.27. The Morgan fingerprint density at radius 1 is 0.885 bits per heavy atom. The molecule has 0 amide bonds. The fourth-order valence-electron chi connectivity index (χ4n) is 8.07. The molecule has 1 unspecified atom stereocenters. The first kappa shape index (κ1) is 42.4. The number of piperidine rings is 1. The number of hydrogen-bond donors (Lipinski definition) is 2. The fourth-order valence-corrected chi connectivity index (χ4v) is 10.2. The van der Waals surface area contributed by atoms with Crippen LogP contribution >= 0.6 is 23.4 Å². The Balaban J connectivity index is 0.934. The van der Waals surface area contributed by atoms with Gasteiger partial charge in [-0.2, -0.15) is 0 Å². The largest absolute Gasteiger partial charge is 0.379 e. The molecule has 2 N–H and O–H groups in total. The predicted molar refractivity (Wildman–Crippen MR) is 245 cm³/mol. The van der Waals surface area contributed by atoms with Crippen molar-refractivity contribution in [2.24, 2.45) is 5.92 Å². The maximum atomic E-state index is 13.8. The van der Waals surface area contributed by atoms with E-state index in [0.717, 1.165) is 85.6 Å². The van der Waals surface area contributed by atoms with E-state index >= 15 is 0 Å². The Hall–Kier alpha value is -5.25. The number of sulfonamides is 1. The molecule has 0 bridgehead atoms. The molecule has 12 nitrogen and oxygen atoms in total.